The average Bonchev–Trinajstić information content (AvgIpc) is 2.34. The molecule has 1 atom stereocenters. The smallest absolute Gasteiger partial charge is 0.251 e. The minimum absolute atomic E-state index is 0. The maximum absolute atomic E-state index is 12.0. The Morgan fingerprint density at radius 3 is 2.89 bits per heavy atom. The van der Waals surface area contributed by atoms with Crippen LogP contribution in [-0.4, -0.2) is 25.0 Å². The second-order valence-electron chi connectivity index (χ2n) is 4.48. The molecule has 0 saturated carbocycles. The van der Waals surface area contributed by atoms with Crippen LogP contribution < -0.4 is 10.6 Å². The largest absolute Gasteiger partial charge is 0.348 e. The summed E-state index contributed by atoms with van der Waals surface area (Å²) in [7, 11) is 0. The Morgan fingerprint density at radius 1 is 1.50 bits per heavy atom. The summed E-state index contributed by atoms with van der Waals surface area (Å²) in [5, 5.41) is 7.01. The van der Waals surface area contributed by atoms with E-state index in [-0.39, 0.29) is 24.4 Å². The highest BCUT2D eigenvalue weighted by molar-refractivity contribution is 6.31. The van der Waals surface area contributed by atoms with Gasteiger partial charge in [-0.2, -0.15) is 0 Å². The number of nitrogens with one attached hydrogen (secondary N) is 2. The molecule has 100 valence electrons. The molecule has 3 nitrogen and oxygen atoms in total. The van der Waals surface area contributed by atoms with Gasteiger partial charge in [-0.1, -0.05) is 11.6 Å². The van der Waals surface area contributed by atoms with Crippen LogP contribution in [0, 0.1) is 6.92 Å². The molecular weight excluding hydrogens is 271 g/mol. The fourth-order valence-corrected chi connectivity index (χ4v) is 2.15. The molecule has 1 heterocycles. The second kappa shape index (κ2) is 6.98. The van der Waals surface area contributed by atoms with Crippen LogP contribution in [0.25, 0.3) is 0 Å². The molecule has 0 aliphatic carbocycles. The minimum Gasteiger partial charge on any atom is -0.348 e. The van der Waals surface area contributed by atoms with Crippen LogP contribution in [0.15, 0.2) is 18.2 Å². The van der Waals surface area contributed by atoms with Crippen molar-refractivity contribution in [1.29, 1.82) is 0 Å². The molecule has 5 heteroatoms. The first-order chi connectivity index (χ1) is 8.16. The van der Waals surface area contributed by atoms with Crippen LogP contribution in [0.3, 0.4) is 0 Å². The fourth-order valence-electron chi connectivity index (χ4n) is 2.03. The fraction of sp³-hybridized carbons (Fsp3) is 0.462. The Labute approximate surface area is 119 Å². The van der Waals surface area contributed by atoms with Gasteiger partial charge in [0.1, 0.15) is 0 Å². The number of halogens is 2. The van der Waals surface area contributed by atoms with Gasteiger partial charge >= 0.3 is 0 Å². The van der Waals surface area contributed by atoms with Gasteiger partial charge in [-0.05, 0) is 50.1 Å². The molecule has 1 amide bonds. The van der Waals surface area contributed by atoms with Crippen molar-refractivity contribution in [3.63, 3.8) is 0 Å². The van der Waals surface area contributed by atoms with E-state index in [2.05, 4.69) is 10.6 Å². The van der Waals surface area contributed by atoms with Crippen molar-refractivity contribution in [2.24, 2.45) is 0 Å². The van der Waals surface area contributed by atoms with Gasteiger partial charge in [-0.25, -0.2) is 0 Å². The Morgan fingerprint density at radius 2 is 2.28 bits per heavy atom. The third kappa shape index (κ3) is 3.87. The van der Waals surface area contributed by atoms with Crippen molar-refractivity contribution in [3.8, 4) is 0 Å². The number of hydrogen-bond donors (Lipinski definition) is 2. The number of aryl methyl sites for hydroxylation is 1. The summed E-state index contributed by atoms with van der Waals surface area (Å²) in [6.07, 6.45) is 2.16. The van der Waals surface area contributed by atoms with Crippen LogP contribution in [-0.2, 0) is 0 Å². The molecule has 2 N–H and O–H groups in total. The highest BCUT2D eigenvalue weighted by Gasteiger charge is 2.16. The van der Waals surface area contributed by atoms with Gasteiger partial charge in [0.25, 0.3) is 5.91 Å². The Hall–Kier alpha value is -0.770. The van der Waals surface area contributed by atoms with E-state index in [0.29, 0.717) is 10.6 Å². The minimum atomic E-state index is -0.0153. The van der Waals surface area contributed by atoms with Gasteiger partial charge in [0.15, 0.2) is 0 Å². The zero-order chi connectivity index (χ0) is 12.3. The van der Waals surface area contributed by atoms with E-state index in [0.717, 1.165) is 31.5 Å². The number of amides is 1. The average molecular weight is 289 g/mol. The maximum Gasteiger partial charge on any atom is 0.251 e. The van der Waals surface area contributed by atoms with Gasteiger partial charge in [0.05, 0.1) is 0 Å². The normalized spacial score (nSPS) is 18.9. The van der Waals surface area contributed by atoms with E-state index < -0.39 is 0 Å². The Kier molecular flexibility index (Phi) is 5.93. The topological polar surface area (TPSA) is 41.1 Å². The Bertz CT molecular complexity index is 417. The molecule has 18 heavy (non-hydrogen) atoms. The molecule has 1 aromatic carbocycles. The summed E-state index contributed by atoms with van der Waals surface area (Å²) < 4.78 is 0. The molecule has 0 bridgehead atoms. The second-order valence-corrected chi connectivity index (χ2v) is 4.89. The molecule has 2 rings (SSSR count). The lowest BCUT2D eigenvalue weighted by Gasteiger charge is -2.23. The maximum atomic E-state index is 12.0. The van der Waals surface area contributed by atoms with Crippen LogP contribution in [0.2, 0.25) is 5.02 Å². The quantitative estimate of drug-likeness (QED) is 0.878. The predicted octanol–water partition coefficient (Wildman–Crippen LogP) is 2.55. The van der Waals surface area contributed by atoms with E-state index in [1.54, 1.807) is 12.1 Å². The molecular formula is C13H18Cl2N2O. The first-order valence-electron chi connectivity index (χ1n) is 5.94. The first-order valence-corrected chi connectivity index (χ1v) is 6.32. The van der Waals surface area contributed by atoms with Crippen molar-refractivity contribution in [3.05, 3.63) is 34.3 Å². The molecule has 1 aliphatic rings. The van der Waals surface area contributed by atoms with Crippen LogP contribution in [0.1, 0.15) is 28.8 Å². The van der Waals surface area contributed by atoms with Gasteiger partial charge in [0, 0.05) is 23.2 Å². The number of rotatable bonds is 2. The number of carbonyl (C=O) groups excluding carboxylic acids is 1. The number of benzene rings is 1. The summed E-state index contributed by atoms with van der Waals surface area (Å²) in [6, 6.07) is 5.60. The summed E-state index contributed by atoms with van der Waals surface area (Å²) in [6.45, 7) is 3.81. The molecule has 1 fully saturated rings. The predicted molar refractivity (Wildman–Crippen MR) is 76.8 cm³/mol. The zero-order valence-electron chi connectivity index (χ0n) is 10.3. The standard InChI is InChI=1S/C13H17ClN2O.ClH/c1-9-7-10(4-5-12(9)14)13(17)16-11-3-2-6-15-8-11;/h4-5,7,11,15H,2-3,6,8H2,1H3,(H,16,17);1H/t11-;/m1./s1. The van der Waals surface area contributed by atoms with Crippen LogP contribution in [0.5, 0.6) is 0 Å². The number of hydrogen-bond acceptors (Lipinski definition) is 2. The number of piperidine rings is 1. The van der Waals surface area contributed by atoms with Crippen molar-refractivity contribution in [2.75, 3.05) is 13.1 Å². The molecule has 0 unspecified atom stereocenters. The summed E-state index contributed by atoms with van der Waals surface area (Å²) in [4.78, 5) is 12.0. The van der Waals surface area contributed by atoms with E-state index in [9.17, 15) is 4.79 Å². The lowest BCUT2D eigenvalue weighted by molar-refractivity contribution is 0.0930. The molecule has 0 radical (unpaired) electrons. The third-order valence-corrected chi connectivity index (χ3v) is 3.48. The van der Waals surface area contributed by atoms with Crippen molar-refractivity contribution >= 4 is 29.9 Å². The van der Waals surface area contributed by atoms with Gasteiger partial charge in [0.2, 0.25) is 0 Å². The van der Waals surface area contributed by atoms with Gasteiger partial charge in [-0.15, -0.1) is 12.4 Å². The Balaban J connectivity index is 0.00000162. The SMILES string of the molecule is Cc1cc(C(=O)N[C@@H]2CCCNC2)ccc1Cl.Cl. The molecule has 1 saturated heterocycles. The van der Waals surface area contributed by atoms with Crippen LogP contribution >= 0.6 is 24.0 Å². The molecule has 0 spiro atoms. The lowest BCUT2D eigenvalue weighted by atomic mass is 10.1. The van der Waals surface area contributed by atoms with Gasteiger partial charge in [-0.3, -0.25) is 4.79 Å². The molecule has 1 aliphatic heterocycles. The van der Waals surface area contributed by atoms with E-state index in [4.69, 9.17) is 11.6 Å². The summed E-state index contributed by atoms with van der Waals surface area (Å²) in [5.41, 5.74) is 1.61. The zero-order valence-corrected chi connectivity index (χ0v) is 11.9. The third-order valence-electron chi connectivity index (χ3n) is 3.05. The molecule has 1 aromatic rings. The van der Waals surface area contributed by atoms with Crippen molar-refractivity contribution in [2.45, 2.75) is 25.8 Å². The first kappa shape index (κ1) is 15.3. The monoisotopic (exact) mass is 288 g/mol. The van der Waals surface area contributed by atoms with Crippen LogP contribution in [0.4, 0.5) is 0 Å². The van der Waals surface area contributed by atoms with Gasteiger partial charge < -0.3 is 10.6 Å². The van der Waals surface area contributed by atoms with Crippen molar-refractivity contribution < 1.29 is 4.79 Å². The van der Waals surface area contributed by atoms with E-state index >= 15 is 0 Å². The highest BCUT2D eigenvalue weighted by Crippen LogP contribution is 2.16. The summed E-state index contributed by atoms with van der Waals surface area (Å²) >= 11 is 5.94. The molecule has 0 aromatic heterocycles. The highest BCUT2D eigenvalue weighted by atomic mass is 35.5. The van der Waals surface area contributed by atoms with Crippen molar-refractivity contribution in [1.82, 2.24) is 10.6 Å². The van der Waals surface area contributed by atoms with E-state index in [1.807, 2.05) is 13.0 Å². The van der Waals surface area contributed by atoms with E-state index in [1.165, 1.54) is 0 Å². The lowest BCUT2D eigenvalue weighted by Crippen LogP contribution is -2.45. The summed E-state index contributed by atoms with van der Waals surface area (Å²) in [5.74, 6) is -0.0153. The number of carbonyl (C=O) groups is 1.